The van der Waals surface area contributed by atoms with Gasteiger partial charge in [-0.15, -0.1) is 0 Å². The van der Waals surface area contributed by atoms with Crippen LogP contribution in [-0.2, 0) is 9.47 Å². The molecule has 6 heteroatoms. The summed E-state index contributed by atoms with van der Waals surface area (Å²) in [5.74, 6) is 0. The molecular weight excluding hydrogens is 284 g/mol. The molecule has 0 radical (unpaired) electrons. The summed E-state index contributed by atoms with van der Waals surface area (Å²) in [5, 5.41) is 19.6. The number of hydrogen-bond acceptors (Lipinski definition) is 6. The molecule has 0 aliphatic carbocycles. The third-order valence-corrected chi connectivity index (χ3v) is 4.45. The molecule has 4 atom stereocenters. The van der Waals surface area contributed by atoms with Gasteiger partial charge in [0.1, 0.15) is 0 Å². The highest BCUT2D eigenvalue weighted by molar-refractivity contribution is 4.81. The predicted molar refractivity (Wildman–Crippen MR) is 85.0 cm³/mol. The minimum atomic E-state index is -0.447. The highest BCUT2D eigenvalue weighted by atomic mass is 16.5. The van der Waals surface area contributed by atoms with Crippen molar-refractivity contribution in [2.24, 2.45) is 0 Å². The van der Waals surface area contributed by atoms with Crippen molar-refractivity contribution in [1.82, 2.24) is 9.80 Å². The highest BCUT2D eigenvalue weighted by Crippen LogP contribution is 2.13. The molecule has 2 aliphatic heterocycles. The van der Waals surface area contributed by atoms with Crippen molar-refractivity contribution < 1.29 is 19.7 Å². The van der Waals surface area contributed by atoms with Crippen molar-refractivity contribution in [3.63, 3.8) is 0 Å². The molecule has 2 rings (SSSR count). The summed E-state index contributed by atoms with van der Waals surface area (Å²) in [7, 11) is 0. The van der Waals surface area contributed by atoms with E-state index in [1.54, 1.807) is 0 Å². The Morgan fingerprint density at radius 3 is 2.73 bits per heavy atom. The number of ether oxygens (including phenoxy) is 2. The van der Waals surface area contributed by atoms with Crippen molar-refractivity contribution in [3.8, 4) is 0 Å². The first-order chi connectivity index (χ1) is 10.5. The molecule has 0 bridgehead atoms. The summed E-state index contributed by atoms with van der Waals surface area (Å²) < 4.78 is 11.1. The average molecular weight is 316 g/mol. The smallest absolute Gasteiger partial charge is 0.0900 e. The van der Waals surface area contributed by atoms with Gasteiger partial charge in [-0.2, -0.15) is 0 Å². The topological polar surface area (TPSA) is 65.4 Å². The number of piperazine rings is 1. The van der Waals surface area contributed by atoms with Crippen LogP contribution in [0.5, 0.6) is 0 Å². The molecule has 0 amide bonds. The second-order valence-corrected chi connectivity index (χ2v) is 6.78. The van der Waals surface area contributed by atoms with Crippen molar-refractivity contribution in [2.45, 2.75) is 51.0 Å². The van der Waals surface area contributed by atoms with E-state index in [0.717, 1.165) is 45.6 Å². The van der Waals surface area contributed by atoms with Crippen molar-refractivity contribution >= 4 is 0 Å². The van der Waals surface area contributed by atoms with Crippen LogP contribution in [0.3, 0.4) is 0 Å². The zero-order chi connectivity index (χ0) is 15.9. The van der Waals surface area contributed by atoms with E-state index in [-0.39, 0.29) is 12.2 Å². The van der Waals surface area contributed by atoms with Gasteiger partial charge in [-0.05, 0) is 26.7 Å². The molecule has 0 spiro atoms. The Kier molecular flexibility index (Phi) is 7.53. The van der Waals surface area contributed by atoms with Crippen LogP contribution in [0, 0.1) is 0 Å². The number of aliphatic hydroxyl groups is 2. The molecule has 22 heavy (non-hydrogen) atoms. The Hall–Kier alpha value is -0.240. The Morgan fingerprint density at radius 1 is 1.27 bits per heavy atom. The maximum absolute atomic E-state index is 10.1. The summed E-state index contributed by atoms with van der Waals surface area (Å²) in [5.41, 5.74) is 0. The van der Waals surface area contributed by atoms with Crippen LogP contribution in [-0.4, -0.2) is 96.9 Å². The quantitative estimate of drug-likeness (QED) is 0.653. The summed E-state index contributed by atoms with van der Waals surface area (Å²) in [6.07, 6.45) is 1.67. The largest absolute Gasteiger partial charge is 0.392 e. The molecule has 2 fully saturated rings. The molecule has 2 saturated heterocycles. The van der Waals surface area contributed by atoms with E-state index in [4.69, 9.17) is 9.47 Å². The normalized spacial score (nSPS) is 30.5. The van der Waals surface area contributed by atoms with E-state index >= 15 is 0 Å². The SMILES string of the molecule is CC(O)CN1CCN(CC(O)COCC2CCCO2)CC1C. The summed E-state index contributed by atoms with van der Waals surface area (Å²) in [4.78, 5) is 4.59. The lowest BCUT2D eigenvalue weighted by atomic mass is 10.1. The molecule has 2 heterocycles. The zero-order valence-electron chi connectivity index (χ0n) is 14.0. The van der Waals surface area contributed by atoms with Gasteiger partial charge in [0.2, 0.25) is 0 Å². The standard InChI is InChI=1S/C16H32N2O4/c1-13-8-17(5-6-18(13)9-14(2)19)10-15(20)11-21-12-16-4-3-7-22-16/h13-16,19-20H,3-12H2,1-2H3. The van der Waals surface area contributed by atoms with E-state index in [0.29, 0.717) is 25.8 Å². The van der Waals surface area contributed by atoms with Crippen LogP contribution in [0.2, 0.25) is 0 Å². The van der Waals surface area contributed by atoms with E-state index in [1.165, 1.54) is 0 Å². The first-order valence-corrected chi connectivity index (χ1v) is 8.56. The van der Waals surface area contributed by atoms with Crippen molar-refractivity contribution in [3.05, 3.63) is 0 Å². The molecule has 130 valence electrons. The van der Waals surface area contributed by atoms with Crippen LogP contribution in [0.25, 0.3) is 0 Å². The molecule has 2 N–H and O–H groups in total. The number of nitrogens with zero attached hydrogens (tertiary/aromatic N) is 2. The monoisotopic (exact) mass is 316 g/mol. The van der Waals surface area contributed by atoms with E-state index < -0.39 is 6.10 Å². The fourth-order valence-corrected chi connectivity index (χ4v) is 3.31. The van der Waals surface area contributed by atoms with Crippen LogP contribution in [0.1, 0.15) is 26.7 Å². The van der Waals surface area contributed by atoms with Gasteiger partial charge < -0.3 is 19.7 Å². The van der Waals surface area contributed by atoms with Gasteiger partial charge in [-0.25, -0.2) is 0 Å². The van der Waals surface area contributed by atoms with Gasteiger partial charge >= 0.3 is 0 Å². The fraction of sp³-hybridized carbons (Fsp3) is 1.00. The third kappa shape index (κ3) is 6.10. The lowest BCUT2D eigenvalue weighted by Gasteiger charge is -2.41. The molecule has 4 unspecified atom stereocenters. The predicted octanol–water partition coefficient (Wildman–Crippen LogP) is -0.0702. The zero-order valence-corrected chi connectivity index (χ0v) is 14.0. The molecule has 2 aliphatic rings. The first-order valence-electron chi connectivity index (χ1n) is 8.56. The summed E-state index contributed by atoms with van der Waals surface area (Å²) >= 11 is 0. The Labute approximate surface area is 134 Å². The van der Waals surface area contributed by atoms with Crippen LogP contribution < -0.4 is 0 Å². The second-order valence-electron chi connectivity index (χ2n) is 6.78. The Balaban J connectivity index is 1.59. The van der Waals surface area contributed by atoms with Crippen LogP contribution in [0.15, 0.2) is 0 Å². The van der Waals surface area contributed by atoms with Crippen LogP contribution >= 0.6 is 0 Å². The van der Waals surface area contributed by atoms with Gasteiger partial charge in [-0.1, -0.05) is 0 Å². The molecule has 6 nitrogen and oxygen atoms in total. The Morgan fingerprint density at radius 2 is 2.09 bits per heavy atom. The molecule has 0 aromatic carbocycles. The van der Waals surface area contributed by atoms with E-state index in [1.807, 2.05) is 6.92 Å². The van der Waals surface area contributed by atoms with Gasteiger partial charge in [0.25, 0.3) is 0 Å². The second kappa shape index (κ2) is 9.15. The molecular formula is C16H32N2O4. The average Bonchev–Trinajstić information content (AvgIpc) is 2.95. The van der Waals surface area contributed by atoms with Crippen LogP contribution in [0.4, 0.5) is 0 Å². The minimum Gasteiger partial charge on any atom is -0.392 e. The lowest BCUT2D eigenvalue weighted by molar-refractivity contribution is -0.0335. The fourth-order valence-electron chi connectivity index (χ4n) is 3.31. The van der Waals surface area contributed by atoms with E-state index in [9.17, 15) is 10.2 Å². The highest BCUT2D eigenvalue weighted by Gasteiger charge is 2.25. The molecule has 0 aromatic rings. The Bertz CT molecular complexity index is 311. The maximum Gasteiger partial charge on any atom is 0.0900 e. The maximum atomic E-state index is 10.1. The number of hydrogen-bond donors (Lipinski definition) is 2. The number of rotatable bonds is 8. The van der Waals surface area contributed by atoms with E-state index in [2.05, 4.69) is 16.7 Å². The summed E-state index contributed by atoms with van der Waals surface area (Å²) in [6.45, 7) is 9.98. The summed E-state index contributed by atoms with van der Waals surface area (Å²) in [6, 6.07) is 0.406. The third-order valence-electron chi connectivity index (χ3n) is 4.45. The minimum absolute atomic E-state index is 0.219. The lowest BCUT2D eigenvalue weighted by Crippen LogP contribution is -2.55. The van der Waals surface area contributed by atoms with Gasteiger partial charge in [-0.3, -0.25) is 9.80 Å². The van der Waals surface area contributed by atoms with Gasteiger partial charge in [0.15, 0.2) is 0 Å². The molecule has 0 aromatic heterocycles. The first kappa shape index (κ1) is 18.1. The van der Waals surface area contributed by atoms with Crippen molar-refractivity contribution in [1.29, 1.82) is 0 Å². The number of β-amino-alcohol motifs (C(OH)–C–C–N with tert-alkyl or cyclic N) is 2. The number of aliphatic hydroxyl groups excluding tert-OH is 2. The molecule has 0 saturated carbocycles. The van der Waals surface area contributed by atoms with Gasteiger partial charge in [0, 0.05) is 45.4 Å². The van der Waals surface area contributed by atoms with Crippen molar-refractivity contribution in [2.75, 3.05) is 52.5 Å². The van der Waals surface area contributed by atoms with Gasteiger partial charge in [0.05, 0.1) is 31.5 Å².